The van der Waals surface area contributed by atoms with Gasteiger partial charge in [0.1, 0.15) is 0 Å². The van der Waals surface area contributed by atoms with Crippen LogP contribution in [0, 0.1) is 12.3 Å². The zero-order chi connectivity index (χ0) is 13.8. The van der Waals surface area contributed by atoms with Crippen molar-refractivity contribution in [1.82, 2.24) is 4.90 Å². The summed E-state index contributed by atoms with van der Waals surface area (Å²) in [4.78, 5) is 25.4. The summed E-state index contributed by atoms with van der Waals surface area (Å²) in [6, 6.07) is 6.03. The molecule has 0 fully saturated rings. The molecule has 0 unspecified atom stereocenters. The van der Waals surface area contributed by atoms with Crippen LogP contribution < -0.4 is 0 Å². The normalized spacial score (nSPS) is 24.2. The SMILES string of the molecule is Cc1cccc2c1[C@@H](N1C(=O)C=CC1=O)C(C)(C)C2. The molecule has 0 radical (unpaired) electrons. The van der Waals surface area contributed by atoms with Gasteiger partial charge in [-0.05, 0) is 35.4 Å². The minimum Gasteiger partial charge on any atom is -0.269 e. The van der Waals surface area contributed by atoms with Gasteiger partial charge in [-0.3, -0.25) is 14.5 Å². The van der Waals surface area contributed by atoms with Crippen LogP contribution in [-0.4, -0.2) is 16.7 Å². The maximum absolute atomic E-state index is 12.0. The first-order valence-corrected chi connectivity index (χ1v) is 6.55. The Hall–Kier alpha value is -1.90. The molecule has 98 valence electrons. The van der Waals surface area contributed by atoms with Gasteiger partial charge in [-0.25, -0.2) is 0 Å². The summed E-state index contributed by atoms with van der Waals surface area (Å²) in [6.07, 6.45) is 3.63. The summed E-state index contributed by atoms with van der Waals surface area (Å²) in [5.74, 6) is -0.390. The van der Waals surface area contributed by atoms with E-state index >= 15 is 0 Å². The highest BCUT2D eigenvalue weighted by Gasteiger charge is 2.47. The first-order chi connectivity index (χ1) is 8.92. The lowest BCUT2D eigenvalue weighted by Gasteiger charge is -2.34. The van der Waals surface area contributed by atoms with Gasteiger partial charge in [-0.1, -0.05) is 32.0 Å². The molecule has 1 aromatic carbocycles. The monoisotopic (exact) mass is 255 g/mol. The van der Waals surface area contributed by atoms with E-state index in [9.17, 15) is 9.59 Å². The topological polar surface area (TPSA) is 37.4 Å². The predicted molar refractivity (Wildman–Crippen MR) is 72.4 cm³/mol. The Kier molecular flexibility index (Phi) is 2.43. The lowest BCUT2D eigenvalue weighted by atomic mass is 9.83. The number of carbonyl (C=O) groups excluding carboxylic acids is 2. The van der Waals surface area contributed by atoms with E-state index in [2.05, 4.69) is 19.9 Å². The number of fused-ring (bicyclic) bond motifs is 1. The van der Waals surface area contributed by atoms with Gasteiger partial charge in [-0.15, -0.1) is 0 Å². The van der Waals surface area contributed by atoms with Crippen molar-refractivity contribution in [2.45, 2.75) is 33.2 Å². The number of imide groups is 1. The van der Waals surface area contributed by atoms with Crippen molar-refractivity contribution in [1.29, 1.82) is 0 Å². The van der Waals surface area contributed by atoms with Crippen molar-refractivity contribution in [3.63, 3.8) is 0 Å². The van der Waals surface area contributed by atoms with Gasteiger partial charge < -0.3 is 0 Å². The Morgan fingerprint density at radius 2 is 1.79 bits per heavy atom. The van der Waals surface area contributed by atoms with Crippen LogP contribution in [-0.2, 0) is 16.0 Å². The van der Waals surface area contributed by atoms with E-state index in [1.54, 1.807) is 0 Å². The number of nitrogens with zero attached hydrogens (tertiary/aromatic N) is 1. The van der Waals surface area contributed by atoms with E-state index in [0.29, 0.717) is 0 Å². The quantitative estimate of drug-likeness (QED) is 0.723. The van der Waals surface area contributed by atoms with Gasteiger partial charge in [0.2, 0.25) is 0 Å². The van der Waals surface area contributed by atoms with Gasteiger partial charge >= 0.3 is 0 Å². The molecule has 1 aliphatic carbocycles. The average Bonchev–Trinajstić information content (AvgIpc) is 2.77. The second kappa shape index (κ2) is 3.80. The van der Waals surface area contributed by atoms with Gasteiger partial charge in [0.15, 0.2) is 0 Å². The fourth-order valence-corrected chi connectivity index (χ4v) is 3.41. The highest BCUT2D eigenvalue weighted by Crippen LogP contribution is 2.50. The number of rotatable bonds is 1. The molecular weight excluding hydrogens is 238 g/mol. The molecule has 1 aromatic rings. The summed E-state index contributed by atoms with van der Waals surface area (Å²) < 4.78 is 0. The van der Waals surface area contributed by atoms with Crippen LogP contribution in [0.1, 0.15) is 36.6 Å². The summed E-state index contributed by atoms with van der Waals surface area (Å²) in [5.41, 5.74) is 3.44. The number of benzene rings is 1. The molecule has 19 heavy (non-hydrogen) atoms. The number of hydrogen-bond acceptors (Lipinski definition) is 2. The molecule has 1 heterocycles. The lowest BCUT2D eigenvalue weighted by Crippen LogP contribution is -2.40. The molecule has 1 aliphatic heterocycles. The largest absolute Gasteiger partial charge is 0.269 e. The number of hydrogen-bond donors (Lipinski definition) is 0. The van der Waals surface area contributed by atoms with E-state index in [4.69, 9.17) is 0 Å². The Labute approximate surface area is 112 Å². The Balaban J connectivity index is 2.16. The molecule has 3 heteroatoms. The standard InChI is InChI=1S/C16H17NO2/c1-10-5-4-6-11-9-16(2,3)15(14(10)11)17-12(18)7-8-13(17)19/h4-8,15H,9H2,1-3H3/t15-/m1/s1. The second-order valence-corrected chi connectivity index (χ2v) is 6.10. The third-order valence-electron chi connectivity index (χ3n) is 4.18. The van der Waals surface area contributed by atoms with E-state index in [1.807, 2.05) is 19.1 Å². The minimum absolute atomic E-state index is 0.119. The third kappa shape index (κ3) is 1.65. The highest BCUT2D eigenvalue weighted by molar-refractivity contribution is 6.13. The molecule has 0 spiro atoms. The zero-order valence-electron chi connectivity index (χ0n) is 11.4. The van der Waals surface area contributed by atoms with Crippen molar-refractivity contribution in [3.05, 3.63) is 47.0 Å². The molecule has 2 amide bonds. The molecule has 0 aromatic heterocycles. The van der Waals surface area contributed by atoms with Crippen LogP contribution in [0.15, 0.2) is 30.4 Å². The molecular formula is C16H17NO2. The molecule has 0 N–H and O–H groups in total. The summed E-state index contributed by atoms with van der Waals surface area (Å²) in [6.45, 7) is 6.29. The molecule has 0 saturated heterocycles. The van der Waals surface area contributed by atoms with Crippen LogP contribution in [0.5, 0.6) is 0 Å². The average molecular weight is 255 g/mol. The molecule has 1 atom stereocenters. The molecule has 3 nitrogen and oxygen atoms in total. The maximum atomic E-state index is 12.0. The third-order valence-corrected chi connectivity index (χ3v) is 4.18. The minimum atomic E-state index is -0.195. The van der Waals surface area contributed by atoms with E-state index in [-0.39, 0.29) is 23.3 Å². The predicted octanol–water partition coefficient (Wildman–Crippen LogP) is 2.54. The molecule has 0 saturated carbocycles. The fraction of sp³-hybridized carbons (Fsp3) is 0.375. The first kappa shape index (κ1) is 12.2. The van der Waals surface area contributed by atoms with Gasteiger partial charge in [-0.2, -0.15) is 0 Å². The van der Waals surface area contributed by atoms with E-state index < -0.39 is 0 Å². The van der Waals surface area contributed by atoms with Crippen molar-refractivity contribution in [2.24, 2.45) is 5.41 Å². The lowest BCUT2D eigenvalue weighted by molar-refractivity contribution is -0.142. The van der Waals surface area contributed by atoms with Crippen LogP contribution in [0.25, 0.3) is 0 Å². The van der Waals surface area contributed by atoms with E-state index in [1.165, 1.54) is 22.6 Å². The van der Waals surface area contributed by atoms with Crippen molar-refractivity contribution in [2.75, 3.05) is 0 Å². The Morgan fingerprint density at radius 1 is 1.16 bits per heavy atom. The summed E-state index contributed by atoms with van der Waals surface area (Å²) >= 11 is 0. The zero-order valence-corrected chi connectivity index (χ0v) is 11.4. The van der Waals surface area contributed by atoms with Crippen LogP contribution in [0.3, 0.4) is 0 Å². The molecule has 2 aliphatic rings. The summed E-state index contributed by atoms with van der Waals surface area (Å²) in [7, 11) is 0. The van der Waals surface area contributed by atoms with Crippen LogP contribution >= 0.6 is 0 Å². The smallest absolute Gasteiger partial charge is 0.254 e. The van der Waals surface area contributed by atoms with Gasteiger partial charge in [0, 0.05) is 12.2 Å². The molecule has 3 rings (SSSR count). The number of aryl methyl sites for hydroxylation is 1. The first-order valence-electron chi connectivity index (χ1n) is 6.55. The number of carbonyl (C=O) groups is 2. The summed E-state index contributed by atoms with van der Waals surface area (Å²) in [5, 5.41) is 0. The van der Waals surface area contributed by atoms with Gasteiger partial charge in [0.25, 0.3) is 11.8 Å². The van der Waals surface area contributed by atoms with Crippen molar-refractivity contribution >= 4 is 11.8 Å². The fourth-order valence-electron chi connectivity index (χ4n) is 3.41. The highest BCUT2D eigenvalue weighted by atomic mass is 16.2. The maximum Gasteiger partial charge on any atom is 0.254 e. The Bertz CT molecular complexity index is 595. The van der Waals surface area contributed by atoms with Crippen molar-refractivity contribution in [3.8, 4) is 0 Å². The van der Waals surface area contributed by atoms with Crippen LogP contribution in [0.2, 0.25) is 0 Å². The van der Waals surface area contributed by atoms with Crippen molar-refractivity contribution < 1.29 is 9.59 Å². The second-order valence-electron chi connectivity index (χ2n) is 6.10. The number of amides is 2. The van der Waals surface area contributed by atoms with E-state index in [0.717, 1.165) is 17.5 Å². The van der Waals surface area contributed by atoms with Gasteiger partial charge in [0.05, 0.1) is 6.04 Å². The Morgan fingerprint density at radius 3 is 2.42 bits per heavy atom. The molecule has 0 bridgehead atoms. The van der Waals surface area contributed by atoms with Crippen LogP contribution in [0.4, 0.5) is 0 Å².